The number of likely N-dealkylation sites (tertiary alicyclic amines) is 1. The Kier molecular flexibility index (Phi) is 7.89. The van der Waals surface area contributed by atoms with Crippen LogP contribution in [0.3, 0.4) is 0 Å². The lowest BCUT2D eigenvalue weighted by molar-refractivity contribution is -0.144. The summed E-state index contributed by atoms with van der Waals surface area (Å²) < 4.78 is 5.84. The highest BCUT2D eigenvalue weighted by molar-refractivity contribution is 6.31. The number of phenolic OH excluding ortho intramolecular Hbond substituents is 1. The fourth-order valence-electron chi connectivity index (χ4n) is 9.99. The van der Waals surface area contributed by atoms with Gasteiger partial charge in [-0.05, 0) is 61.8 Å². The van der Waals surface area contributed by atoms with E-state index in [1.165, 1.54) is 6.08 Å². The smallest absolute Gasteiger partial charge is 0.233 e. The zero-order valence-corrected chi connectivity index (χ0v) is 27.7. The van der Waals surface area contributed by atoms with Gasteiger partial charge in [-0.25, -0.2) is 0 Å². The van der Waals surface area contributed by atoms with Crippen molar-refractivity contribution in [3.05, 3.63) is 113 Å². The molecule has 7 heteroatoms. The van der Waals surface area contributed by atoms with E-state index >= 15 is 9.59 Å². The van der Waals surface area contributed by atoms with Crippen molar-refractivity contribution < 1.29 is 29.0 Å². The molecule has 250 valence electrons. The van der Waals surface area contributed by atoms with Crippen molar-refractivity contribution in [3.63, 3.8) is 0 Å². The van der Waals surface area contributed by atoms with Gasteiger partial charge >= 0.3 is 0 Å². The Morgan fingerprint density at radius 2 is 1.55 bits per heavy atom. The fourth-order valence-corrected chi connectivity index (χ4v) is 9.99. The molecule has 7 nitrogen and oxygen atoms in total. The molecule has 0 radical (unpaired) electrons. The lowest BCUT2D eigenvalue weighted by Gasteiger charge is -2.55. The van der Waals surface area contributed by atoms with Crippen LogP contribution >= 0.6 is 0 Å². The highest BCUT2D eigenvalue weighted by atomic mass is 16.5. The average molecular weight is 656 g/mol. The average Bonchev–Trinajstić information content (AvgIpc) is 3.40. The molecule has 3 aromatic carbocycles. The third-order valence-corrected chi connectivity index (χ3v) is 12.0. The normalized spacial score (nSPS) is 29.9. The molecule has 0 bridgehead atoms. The van der Waals surface area contributed by atoms with Crippen molar-refractivity contribution in [1.29, 1.82) is 0 Å². The maximum Gasteiger partial charge on any atom is 0.233 e. The number of para-hydroxylation sites is 1. The second-order valence-corrected chi connectivity index (χ2v) is 14.3. The fraction of sp³-hybridized carbons (Fsp3) is 0.381. The van der Waals surface area contributed by atoms with Crippen LogP contribution in [0, 0.1) is 23.7 Å². The van der Waals surface area contributed by atoms with Gasteiger partial charge in [-0.1, -0.05) is 104 Å². The molecular formula is C42H41NO6. The summed E-state index contributed by atoms with van der Waals surface area (Å²) in [6.45, 7) is 2.17. The summed E-state index contributed by atoms with van der Waals surface area (Å²) in [5.41, 5.74) is 1.63. The Hall–Kier alpha value is -4.78. The van der Waals surface area contributed by atoms with Gasteiger partial charge in [-0.2, -0.15) is 0 Å². The molecule has 1 saturated heterocycles. The van der Waals surface area contributed by atoms with Crippen LogP contribution in [0.25, 0.3) is 5.57 Å². The largest absolute Gasteiger partial charge is 0.504 e. The zero-order chi connectivity index (χ0) is 33.9. The summed E-state index contributed by atoms with van der Waals surface area (Å²) in [5, 5.41) is 11.9. The number of benzene rings is 3. The number of fused-ring (bicyclic) bond motifs is 4. The van der Waals surface area contributed by atoms with Crippen LogP contribution in [0.5, 0.6) is 11.5 Å². The van der Waals surface area contributed by atoms with Crippen LogP contribution in [0.15, 0.2) is 96.6 Å². The van der Waals surface area contributed by atoms with Gasteiger partial charge in [0.1, 0.15) is 0 Å². The van der Waals surface area contributed by atoms with Crippen molar-refractivity contribution in [3.8, 4) is 11.5 Å². The van der Waals surface area contributed by atoms with E-state index in [1.807, 2.05) is 79.7 Å². The molecular weight excluding hydrogens is 614 g/mol. The first-order valence-corrected chi connectivity index (χ1v) is 17.8. The summed E-state index contributed by atoms with van der Waals surface area (Å²) in [6, 6.07) is 23.9. The quantitative estimate of drug-likeness (QED) is 0.228. The lowest BCUT2D eigenvalue weighted by atomic mass is 9.44. The maximum absolute atomic E-state index is 15.2. The molecule has 0 aromatic heterocycles. The minimum atomic E-state index is -1.40. The summed E-state index contributed by atoms with van der Waals surface area (Å²) in [4.78, 5) is 60.4. The third-order valence-electron chi connectivity index (χ3n) is 12.0. The predicted octanol–water partition coefficient (Wildman–Crippen LogP) is 6.95. The lowest BCUT2D eigenvalue weighted by Crippen LogP contribution is -2.58. The van der Waals surface area contributed by atoms with E-state index in [0.717, 1.165) is 37.7 Å². The number of hydrogen-bond donors (Lipinski definition) is 1. The Morgan fingerprint density at radius 1 is 0.837 bits per heavy atom. The van der Waals surface area contributed by atoms with Crippen LogP contribution in [0.2, 0.25) is 0 Å². The van der Waals surface area contributed by atoms with Crippen molar-refractivity contribution in [2.24, 2.45) is 23.7 Å². The topological polar surface area (TPSA) is 101 Å². The maximum atomic E-state index is 15.2. The molecule has 1 N–H and O–H groups in total. The molecule has 2 amide bonds. The monoisotopic (exact) mass is 655 g/mol. The number of allylic oxidation sites excluding steroid dienone is 4. The molecule has 3 aromatic rings. The second kappa shape index (κ2) is 12.3. The van der Waals surface area contributed by atoms with E-state index < -0.39 is 35.0 Å². The molecule has 6 atom stereocenters. The molecule has 1 aliphatic heterocycles. The number of ether oxygens (including phenoxy) is 1. The number of aromatic hydroxyl groups is 1. The molecule has 2 saturated carbocycles. The van der Waals surface area contributed by atoms with Gasteiger partial charge in [0.2, 0.25) is 11.8 Å². The number of amides is 2. The summed E-state index contributed by atoms with van der Waals surface area (Å²) >= 11 is 0. The molecule has 0 spiro atoms. The Morgan fingerprint density at radius 3 is 2.27 bits per heavy atom. The molecule has 6 unspecified atom stereocenters. The number of Topliss-reactive ketones (excluding diaryl/α,β-unsaturated/α-hetero) is 1. The number of ketones is 2. The minimum absolute atomic E-state index is 0.0807. The van der Waals surface area contributed by atoms with Gasteiger partial charge in [-0.3, -0.25) is 24.1 Å². The van der Waals surface area contributed by atoms with Gasteiger partial charge in [-0.15, -0.1) is 0 Å². The number of carbonyl (C=O) groups excluding carboxylic acids is 4. The van der Waals surface area contributed by atoms with E-state index in [9.17, 15) is 14.7 Å². The highest BCUT2D eigenvalue weighted by Crippen LogP contribution is 2.65. The molecule has 8 rings (SSSR count). The number of phenols is 1. The number of imide groups is 1. The van der Waals surface area contributed by atoms with Crippen molar-refractivity contribution in [2.75, 3.05) is 6.61 Å². The third kappa shape index (κ3) is 4.68. The molecule has 5 aliphatic rings. The number of rotatable bonds is 6. The first-order valence-electron chi connectivity index (χ1n) is 17.8. The van der Waals surface area contributed by atoms with Gasteiger partial charge in [0.05, 0.1) is 23.9 Å². The van der Waals surface area contributed by atoms with E-state index in [0.29, 0.717) is 41.0 Å². The standard InChI is InChI=1S/C42H41NO6/c1-2-49-34-20-12-19-30(39(34)46)37-28-21-22-29-36(41(48)43(40(29)47)27-17-10-5-11-18-27)32(28)23-33-38(45)31(25-13-6-3-7-14-25)24-35(44)42(33,37)26-15-8-4-9-16-26/h3-4,6-9,12-16,19-21,24,27,29,32-33,36-37,46H,2,5,10-11,17-18,22-23H2,1H3. The Bertz CT molecular complexity index is 1890. The van der Waals surface area contributed by atoms with E-state index in [-0.39, 0.29) is 41.6 Å². The SMILES string of the molecule is CCOc1cccc(C2C3=CCC4C(=O)N(C5CCCCC5)C(=O)C4C3CC3C(=O)C(c4ccccc4)=CC(=O)C32c2ccccc2)c1O. The van der Waals surface area contributed by atoms with E-state index in [2.05, 4.69) is 0 Å². The first-order chi connectivity index (χ1) is 23.9. The minimum Gasteiger partial charge on any atom is -0.504 e. The molecule has 3 fully saturated rings. The number of nitrogens with zero attached hydrogens (tertiary/aromatic N) is 1. The molecule has 4 aliphatic carbocycles. The van der Waals surface area contributed by atoms with Crippen LogP contribution in [0.4, 0.5) is 0 Å². The van der Waals surface area contributed by atoms with Gasteiger partial charge in [0.15, 0.2) is 23.1 Å². The summed E-state index contributed by atoms with van der Waals surface area (Å²) in [6.07, 6.45) is 8.90. The highest BCUT2D eigenvalue weighted by Gasteiger charge is 2.66. The van der Waals surface area contributed by atoms with E-state index in [4.69, 9.17) is 4.74 Å². The van der Waals surface area contributed by atoms with Crippen molar-refractivity contribution in [2.45, 2.75) is 69.2 Å². The van der Waals surface area contributed by atoms with Crippen molar-refractivity contribution >= 4 is 29.0 Å². The second-order valence-electron chi connectivity index (χ2n) is 14.3. The molecule has 1 heterocycles. The zero-order valence-electron chi connectivity index (χ0n) is 27.7. The Labute approximate surface area is 286 Å². The van der Waals surface area contributed by atoms with Gasteiger partial charge in [0.25, 0.3) is 0 Å². The Balaban J connectivity index is 1.36. The van der Waals surface area contributed by atoms with E-state index in [1.54, 1.807) is 17.0 Å². The first kappa shape index (κ1) is 31.5. The molecule has 49 heavy (non-hydrogen) atoms. The summed E-state index contributed by atoms with van der Waals surface area (Å²) in [7, 11) is 0. The van der Waals surface area contributed by atoms with Crippen LogP contribution in [0.1, 0.15) is 74.5 Å². The van der Waals surface area contributed by atoms with Crippen LogP contribution in [-0.2, 0) is 24.6 Å². The van der Waals surface area contributed by atoms with Crippen LogP contribution < -0.4 is 4.74 Å². The van der Waals surface area contributed by atoms with Gasteiger partial charge in [0, 0.05) is 29.0 Å². The summed E-state index contributed by atoms with van der Waals surface area (Å²) in [5.74, 6) is -3.65. The predicted molar refractivity (Wildman–Crippen MR) is 185 cm³/mol. The van der Waals surface area contributed by atoms with Crippen LogP contribution in [-0.4, -0.2) is 46.0 Å². The van der Waals surface area contributed by atoms with Gasteiger partial charge < -0.3 is 9.84 Å². The number of carbonyl (C=O) groups is 4. The number of hydrogen-bond acceptors (Lipinski definition) is 6. The van der Waals surface area contributed by atoms with Crippen molar-refractivity contribution in [1.82, 2.24) is 4.90 Å².